The van der Waals surface area contributed by atoms with Crippen LogP contribution in [0.3, 0.4) is 0 Å². The molecule has 1 atom stereocenters. The van der Waals surface area contributed by atoms with Crippen molar-refractivity contribution in [2.45, 2.75) is 33.4 Å². The van der Waals surface area contributed by atoms with Gasteiger partial charge in [-0.2, -0.15) is 0 Å². The molecule has 0 bridgehead atoms. The number of ether oxygens (including phenoxy) is 2. The lowest BCUT2D eigenvalue weighted by Crippen LogP contribution is -2.36. The zero-order valence-corrected chi connectivity index (χ0v) is 12.5. The molecule has 0 saturated heterocycles. The molecule has 0 radical (unpaired) electrons. The molecule has 4 nitrogen and oxygen atoms in total. The number of nitrogens with one attached hydrogen (secondary N) is 1. The van der Waals surface area contributed by atoms with Crippen LogP contribution in [0.4, 0.5) is 0 Å². The Kier molecular flexibility index (Phi) is 6.12. The summed E-state index contributed by atoms with van der Waals surface area (Å²) < 4.78 is 10.7. The largest absolute Gasteiger partial charge is 0.496 e. The van der Waals surface area contributed by atoms with Crippen LogP contribution >= 0.6 is 0 Å². The van der Waals surface area contributed by atoms with E-state index in [-0.39, 0.29) is 12.6 Å². The van der Waals surface area contributed by atoms with Crippen LogP contribution < -0.4 is 14.8 Å². The molecule has 19 heavy (non-hydrogen) atoms. The van der Waals surface area contributed by atoms with E-state index in [9.17, 15) is 5.11 Å². The Bertz CT molecular complexity index is 405. The normalized spacial score (nSPS) is 12.6. The minimum Gasteiger partial charge on any atom is -0.496 e. The van der Waals surface area contributed by atoms with E-state index in [1.165, 1.54) is 0 Å². The van der Waals surface area contributed by atoms with Gasteiger partial charge in [0.25, 0.3) is 0 Å². The Morgan fingerprint density at radius 1 is 1.16 bits per heavy atom. The summed E-state index contributed by atoms with van der Waals surface area (Å²) in [6.45, 7) is 6.93. The van der Waals surface area contributed by atoms with Gasteiger partial charge in [0.1, 0.15) is 11.5 Å². The van der Waals surface area contributed by atoms with Gasteiger partial charge in [0.15, 0.2) is 0 Å². The topological polar surface area (TPSA) is 50.7 Å². The van der Waals surface area contributed by atoms with E-state index in [4.69, 9.17) is 9.47 Å². The van der Waals surface area contributed by atoms with Gasteiger partial charge in [-0.05, 0) is 30.5 Å². The van der Waals surface area contributed by atoms with Gasteiger partial charge in [-0.3, -0.25) is 0 Å². The van der Waals surface area contributed by atoms with E-state index in [1.807, 2.05) is 19.1 Å². The minimum absolute atomic E-state index is 0.0806. The molecule has 0 aliphatic heterocycles. The summed E-state index contributed by atoms with van der Waals surface area (Å²) in [5.41, 5.74) is 2.08. The number of hydrogen-bond acceptors (Lipinski definition) is 4. The van der Waals surface area contributed by atoms with Crippen molar-refractivity contribution in [1.82, 2.24) is 5.32 Å². The Hall–Kier alpha value is -1.26. The summed E-state index contributed by atoms with van der Waals surface area (Å²) >= 11 is 0. The lowest BCUT2D eigenvalue weighted by molar-refractivity contribution is 0.209. The van der Waals surface area contributed by atoms with Crippen LogP contribution in [0.1, 0.15) is 25.0 Å². The van der Waals surface area contributed by atoms with Crippen molar-refractivity contribution in [2.24, 2.45) is 5.92 Å². The molecule has 0 amide bonds. The molecular formula is C15H25NO3. The number of methoxy groups -OCH3 is 2. The summed E-state index contributed by atoms with van der Waals surface area (Å²) in [4.78, 5) is 0. The van der Waals surface area contributed by atoms with Crippen LogP contribution in [0.15, 0.2) is 12.1 Å². The third-order valence-corrected chi connectivity index (χ3v) is 3.35. The summed E-state index contributed by atoms with van der Waals surface area (Å²) in [6.07, 6.45) is 0. The average molecular weight is 267 g/mol. The SMILES string of the molecule is COc1cc(CNC(CO)C(C)C)c(OC)cc1C. The first-order valence-corrected chi connectivity index (χ1v) is 6.59. The molecular weight excluding hydrogens is 242 g/mol. The summed E-state index contributed by atoms with van der Waals surface area (Å²) in [5.74, 6) is 2.07. The maximum Gasteiger partial charge on any atom is 0.123 e. The van der Waals surface area contributed by atoms with Crippen molar-refractivity contribution in [3.8, 4) is 11.5 Å². The average Bonchev–Trinajstić information content (AvgIpc) is 2.39. The molecule has 1 aromatic carbocycles. The monoisotopic (exact) mass is 267 g/mol. The molecule has 0 spiro atoms. The Labute approximate surface area is 115 Å². The third kappa shape index (κ3) is 4.11. The van der Waals surface area contributed by atoms with Gasteiger partial charge in [-0.25, -0.2) is 0 Å². The maximum absolute atomic E-state index is 9.33. The highest BCUT2D eigenvalue weighted by molar-refractivity contribution is 5.45. The summed E-state index contributed by atoms with van der Waals surface area (Å²) in [6, 6.07) is 4.03. The van der Waals surface area contributed by atoms with Crippen LogP contribution in [-0.2, 0) is 6.54 Å². The van der Waals surface area contributed by atoms with E-state index in [1.54, 1.807) is 14.2 Å². The molecule has 0 aromatic heterocycles. The second-order valence-corrected chi connectivity index (χ2v) is 5.05. The van der Waals surface area contributed by atoms with Crippen LogP contribution in [0.2, 0.25) is 0 Å². The van der Waals surface area contributed by atoms with Crippen LogP contribution in [-0.4, -0.2) is 32.0 Å². The lowest BCUT2D eigenvalue weighted by atomic mass is 10.0. The highest BCUT2D eigenvalue weighted by Crippen LogP contribution is 2.28. The number of aliphatic hydroxyl groups excluding tert-OH is 1. The molecule has 1 rings (SSSR count). The molecule has 1 aromatic rings. The van der Waals surface area contributed by atoms with Crippen LogP contribution in [0.25, 0.3) is 0 Å². The van der Waals surface area contributed by atoms with Gasteiger partial charge in [-0.15, -0.1) is 0 Å². The number of hydrogen-bond donors (Lipinski definition) is 2. The standard InChI is InChI=1S/C15H25NO3/c1-10(2)13(9-17)16-8-12-7-14(18-4)11(3)6-15(12)19-5/h6-7,10,13,16-17H,8-9H2,1-5H3. The van der Waals surface area contributed by atoms with E-state index in [0.29, 0.717) is 12.5 Å². The second kappa shape index (κ2) is 7.36. The smallest absolute Gasteiger partial charge is 0.123 e. The molecule has 0 aliphatic carbocycles. The van der Waals surface area contributed by atoms with Gasteiger partial charge < -0.3 is 19.9 Å². The lowest BCUT2D eigenvalue weighted by Gasteiger charge is -2.21. The quantitative estimate of drug-likeness (QED) is 0.794. The van der Waals surface area contributed by atoms with Crippen LogP contribution in [0, 0.1) is 12.8 Å². The van der Waals surface area contributed by atoms with Gasteiger partial charge >= 0.3 is 0 Å². The number of rotatable bonds is 7. The van der Waals surface area contributed by atoms with E-state index >= 15 is 0 Å². The first-order valence-electron chi connectivity index (χ1n) is 6.59. The van der Waals surface area contributed by atoms with E-state index < -0.39 is 0 Å². The first-order chi connectivity index (χ1) is 9.03. The zero-order chi connectivity index (χ0) is 14.4. The Morgan fingerprint density at radius 2 is 1.79 bits per heavy atom. The molecule has 0 heterocycles. The van der Waals surface area contributed by atoms with Crippen molar-refractivity contribution >= 4 is 0 Å². The third-order valence-electron chi connectivity index (χ3n) is 3.35. The number of benzene rings is 1. The van der Waals surface area contributed by atoms with Gasteiger partial charge in [0, 0.05) is 18.2 Å². The molecule has 0 aliphatic rings. The Balaban J connectivity index is 2.87. The Morgan fingerprint density at radius 3 is 2.26 bits per heavy atom. The van der Waals surface area contributed by atoms with Gasteiger partial charge in [0.05, 0.1) is 20.8 Å². The van der Waals surface area contributed by atoms with Crippen molar-refractivity contribution < 1.29 is 14.6 Å². The fraction of sp³-hybridized carbons (Fsp3) is 0.600. The van der Waals surface area contributed by atoms with Crippen molar-refractivity contribution in [3.63, 3.8) is 0 Å². The number of aryl methyl sites for hydroxylation is 1. The molecule has 2 N–H and O–H groups in total. The summed E-state index contributed by atoms with van der Waals surface area (Å²) in [7, 11) is 3.33. The number of aliphatic hydroxyl groups is 1. The predicted octanol–water partition coefficient (Wildman–Crippen LogP) is 2.12. The highest BCUT2D eigenvalue weighted by atomic mass is 16.5. The fourth-order valence-corrected chi connectivity index (χ4v) is 2.00. The molecule has 0 fully saturated rings. The van der Waals surface area contributed by atoms with Crippen molar-refractivity contribution in [3.05, 3.63) is 23.3 Å². The zero-order valence-electron chi connectivity index (χ0n) is 12.5. The summed E-state index contributed by atoms with van der Waals surface area (Å²) in [5, 5.41) is 12.7. The first kappa shape index (κ1) is 15.8. The van der Waals surface area contributed by atoms with E-state index in [2.05, 4.69) is 19.2 Å². The van der Waals surface area contributed by atoms with Crippen LogP contribution in [0.5, 0.6) is 11.5 Å². The van der Waals surface area contributed by atoms with Crippen molar-refractivity contribution in [1.29, 1.82) is 0 Å². The predicted molar refractivity (Wildman–Crippen MR) is 76.8 cm³/mol. The second-order valence-electron chi connectivity index (χ2n) is 5.05. The molecule has 108 valence electrons. The van der Waals surface area contributed by atoms with Gasteiger partial charge in [-0.1, -0.05) is 13.8 Å². The molecule has 0 saturated carbocycles. The maximum atomic E-state index is 9.33. The fourth-order valence-electron chi connectivity index (χ4n) is 2.00. The van der Waals surface area contributed by atoms with Crippen molar-refractivity contribution in [2.75, 3.05) is 20.8 Å². The molecule has 1 unspecified atom stereocenters. The minimum atomic E-state index is 0.0806. The highest BCUT2D eigenvalue weighted by Gasteiger charge is 2.14. The molecule has 4 heteroatoms. The van der Waals surface area contributed by atoms with Gasteiger partial charge in [0.2, 0.25) is 0 Å². The van der Waals surface area contributed by atoms with E-state index in [0.717, 1.165) is 22.6 Å².